The highest BCUT2D eigenvalue weighted by Gasteiger charge is 2.40. The third-order valence-electron chi connectivity index (χ3n) is 4.30. The smallest absolute Gasteiger partial charge is 0.410 e. The maximum Gasteiger partial charge on any atom is 0.410 e. The van der Waals surface area contributed by atoms with Gasteiger partial charge in [-0.25, -0.2) is 14.6 Å². The number of amides is 2. The zero-order chi connectivity index (χ0) is 20.1. The molecule has 8 heteroatoms. The van der Waals surface area contributed by atoms with Crippen molar-refractivity contribution in [2.45, 2.75) is 51.5 Å². The molecule has 0 aliphatic carbocycles. The predicted octanol–water partition coefficient (Wildman–Crippen LogP) is 3.39. The van der Waals surface area contributed by atoms with E-state index in [0.29, 0.717) is 18.8 Å². The molecule has 1 aliphatic heterocycles. The lowest BCUT2D eigenvalue weighted by atomic mass is 10.1. The Bertz CT molecular complexity index is 786. The lowest BCUT2D eigenvalue weighted by Gasteiger charge is -2.27. The van der Waals surface area contributed by atoms with Crippen LogP contribution < -0.4 is 5.32 Å². The van der Waals surface area contributed by atoms with Gasteiger partial charge in [-0.2, -0.15) is 0 Å². The number of carbonyl (C=O) groups excluding carboxylic acids is 2. The summed E-state index contributed by atoms with van der Waals surface area (Å²) in [5.41, 5.74) is 0.304. The largest absolute Gasteiger partial charge is 0.445 e. The van der Waals surface area contributed by atoms with Crippen LogP contribution in [0.4, 0.5) is 9.59 Å². The van der Waals surface area contributed by atoms with Crippen LogP contribution in [0, 0.1) is 0 Å². The average molecular weight is 386 g/mol. The van der Waals surface area contributed by atoms with Crippen LogP contribution in [0.15, 0.2) is 42.7 Å². The SMILES string of the molecule is CC(C)(C)OC(=O)N1C[C@@H](NC(=O)OCc2ccccc2)C[C@H]1c1ncc[nH]1. The van der Waals surface area contributed by atoms with Gasteiger partial charge >= 0.3 is 12.2 Å². The number of aromatic nitrogens is 2. The standard InChI is InChI=1S/C20H26N4O4/c1-20(2,3)28-19(26)24-12-15(11-16(24)17-21-9-10-22-17)23-18(25)27-13-14-7-5-4-6-8-14/h4-10,15-16H,11-13H2,1-3H3,(H,21,22)(H,23,25)/t15-,16-/m0/s1. The van der Waals surface area contributed by atoms with Crippen LogP contribution in [0.3, 0.4) is 0 Å². The van der Waals surface area contributed by atoms with E-state index >= 15 is 0 Å². The molecule has 28 heavy (non-hydrogen) atoms. The molecule has 0 spiro atoms. The van der Waals surface area contributed by atoms with Crippen LogP contribution in [-0.2, 0) is 16.1 Å². The van der Waals surface area contributed by atoms with Gasteiger partial charge in [0.1, 0.15) is 18.0 Å². The Morgan fingerprint density at radius 3 is 2.68 bits per heavy atom. The summed E-state index contributed by atoms with van der Waals surface area (Å²) >= 11 is 0. The first-order valence-electron chi connectivity index (χ1n) is 9.28. The first-order valence-corrected chi connectivity index (χ1v) is 9.28. The van der Waals surface area contributed by atoms with E-state index < -0.39 is 17.8 Å². The molecule has 150 valence electrons. The monoisotopic (exact) mass is 386 g/mol. The number of likely N-dealkylation sites (tertiary alicyclic amines) is 1. The molecule has 2 amide bonds. The van der Waals surface area contributed by atoms with Crippen molar-refractivity contribution in [3.63, 3.8) is 0 Å². The summed E-state index contributed by atoms with van der Waals surface area (Å²) in [4.78, 5) is 33.7. The number of carbonyl (C=O) groups is 2. The second kappa shape index (κ2) is 8.33. The third-order valence-corrected chi connectivity index (χ3v) is 4.30. The van der Waals surface area contributed by atoms with Crippen molar-refractivity contribution in [2.24, 2.45) is 0 Å². The molecule has 3 rings (SSSR count). The van der Waals surface area contributed by atoms with Crippen LogP contribution >= 0.6 is 0 Å². The maximum atomic E-state index is 12.6. The zero-order valence-electron chi connectivity index (χ0n) is 16.3. The number of aromatic amines is 1. The Morgan fingerprint density at radius 1 is 1.29 bits per heavy atom. The summed E-state index contributed by atoms with van der Waals surface area (Å²) in [6, 6.07) is 8.90. The number of hydrogen-bond acceptors (Lipinski definition) is 5. The molecule has 1 aliphatic rings. The van der Waals surface area contributed by atoms with Gasteiger partial charge in [0.15, 0.2) is 0 Å². The number of ether oxygens (including phenoxy) is 2. The average Bonchev–Trinajstić information content (AvgIpc) is 3.29. The van der Waals surface area contributed by atoms with Crippen molar-refractivity contribution in [3.05, 3.63) is 54.1 Å². The van der Waals surface area contributed by atoms with Crippen LogP contribution in [0.1, 0.15) is 44.6 Å². The number of nitrogens with one attached hydrogen (secondary N) is 2. The first kappa shape index (κ1) is 19.7. The summed E-state index contributed by atoms with van der Waals surface area (Å²) in [6.45, 7) is 5.97. The molecule has 1 aromatic heterocycles. The lowest BCUT2D eigenvalue weighted by Crippen LogP contribution is -2.40. The molecular weight excluding hydrogens is 360 g/mol. The minimum absolute atomic E-state index is 0.191. The molecule has 2 atom stereocenters. The van der Waals surface area contributed by atoms with Gasteiger partial charge in [-0.1, -0.05) is 30.3 Å². The van der Waals surface area contributed by atoms with Crippen LogP contribution in [0.25, 0.3) is 0 Å². The number of hydrogen-bond donors (Lipinski definition) is 2. The number of alkyl carbamates (subject to hydrolysis) is 1. The molecular formula is C20H26N4O4. The van der Waals surface area contributed by atoms with E-state index in [1.165, 1.54) is 0 Å². The molecule has 1 aromatic carbocycles. The predicted molar refractivity (Wildman–Crippen MR) is 102 cm³/mol. The van der Waals surface area contributed by atoms with Crippen molar-refractivity contribution >= 4 is 12.2 Å². The van der Waals surface area contributed by atoms with E-state index in [0.717, 1.165) is 5.56 Å². The number of imidazole rings is 1. The Kier molecular flexibility index (Phi) is 5.87. The van der Waals surface area contributed by atoms with Crippen molar-refractivity contribution in [3.8, 4) is 0 Å². The van der Waals surface area contributed by atoms with Gasteiger partial charge in [-0.15, -0.1) is 0 Å². The van der Waals surface area contributed by atoms with Crippen molar-refractivity contribution < 1.29 is 19.1 Å². The van der Waals surface area contributed by atoms with Crippen LogP contribution in [-0.4, -0.2) is 45.2 Å². The van der Waals surface area contributed by atoms with E-state index in [1.807, 2.05) is 51.1 Å². The van der Waals surface area contributed by atoms with E-state index in [9.17, 15) is 9.59 Å². The molecule has 0 bridgehead atoms. The van der Waals surface area contributed by atoms with Gasteiger partial charge in [0.25, 0.3) is 0 Å². The normalized spacial score (nSPS) is 19.3. The van der Waals surface area contributed by atoms with Gasteiger partial charge in [-0.05, 0) is 32.8 Å². The topological polar surface area (TPSA) is 96.6 Å². The minimum Gasteiger partial charge on any atom is -0.445 e. The van der Waals surface area contributed by atoms with Gasteiger partial charge in [0, 0.05) is 18.9 Å². The highest BCUT2D eigenvalue weighted by Crippen LogP contribution is 2.31. The second-order valence-corrected chi connectivity index (χ2v) is 7.76. The molecule has 2 N–H and O–H groups in total. The van der Waals surface area contributed by atoms with Gasteiger partial charge in [-0.3, -0.25) is 4.90 Å². The number of rotatable bonds is 4. The van der Waals surface area contributed by atoms with Crippen LogP contribution in [0.5, 0.6) is 0 Å². The van der Waals surface area contributed by atoms with E-state index in [2.05, 4.69) is 15.3 Å². The Morgan fingerprint density at radius 2 is 2.04 bits per heavy atom. The lowest BCUT2D eigenvalue weighted by molar-refractivity contribution is 0.0215. The summed E-state index contributed by atoms with van der Waals surface area (Å²) in [5, 5.41) is 2.84. The Balaban J connectivity index is 1.61. The summed E-state index contributed by atoms with van der Waals surface area (Å²) in [5.74, 6) is 0.660. The highest BCUT2D eigenvalue weighted by molar-refractivity contribution is 5.70. The van der Waals surface area contributed by atoms with E-state index in [-0.39, 0.29) is 18.7 Å². The molecule has 1 saturated heterocycles. The van der Waals surface area contributed by atoms with Gasteiger partial charge < -0.3 is 19.8 Å². The number of benzene rings is 1. The Labute approximate surface area is 164 Å². The van der Waals surface area contributed by atoms with Crippen molar-refractivity contribution in [2.75, 3.05) is 6.54 Å². The minimum atomic E-state index is -0.606. The Hall–Kier alpha value is -3.03. The van der Waals surface area contributed by atoms with Gasteiger partial charge in [0.2, 0.25) is 0 Å². The fourth-order valence-electron chi connectivity index (χ4n) is 3.11. The van der Waals surface area contributed by atoms with Crippen LogP contribution in [0.2, 0.25) is 0 Å². The van der Waals surface area contributed by atoms with Gasteiger partial charge in [0.05, 0.1) is 12.1 Å². The number of H-pyrrole nitrogens is 1. The molecule has 2 heterocycles. The quantitative estimate of drug-likeness (QED) is 0.840. The summed E-state index contributed by atoms with van der Waals surface area (Å²) in [6.07, 6.45) is 2.91. The zero-order valence-corrected chi connectivity index (χ0v) is 16.3. The molecule has 0 saturated carbocycles. The van der Waals surface area contributed by atoms with Crippen molar-refractivity contribution in [1.82, 2.24) is 20.2 Å². The van der Waals surface area contributed by atoms with E-state index in [1.54, 1.807) is 17.3 Å². The molecule has 0 unspecified atom stereocenters. The highest BCUT2D eigenvalue weighted by atomic mass is 16.6. The second-order valence-electron chi connectivity index (χ2n) is 7.76. The van der Waals surface area contributed by atoms with E-state index in [4.69, 9.17) is 9.47 Å². The molecule has 0 radical (unpaired) electrons. The third kappa shape index (κ3) is 5.25. The summed E-state index contributed by atoms with van der Waals surface area (Å²) < 4.78 is 10.8. The molecule has 8 nitrogen and oxygen atoms in total. The molecule has 1 fully saturated rings. The number of nitrogens with zero attached hydrogens (tertiary/aromatic N) is 2. The maximum absolute atomic E-state index is 12.6. The molecule has 2 aromatic rings. The fourth-order valence-corrected chi connectivity index (χ4v) is 3.11. The fraction of sp³-hybridized carbons (Fsp3) is 0.450. The van der Waals surface area contributed by atoms with Crippen molar-refractivity contribution in [1.29, 1.82) is 0 Å². The first-order chi connectivity index (χ1) is 13.3. The summed E-state index contributed by atoms with van der Waals surface area (Å²) in [7, 11) is 0.